The standard InChI is InChI=1S/C36H46N10O6S/c37-34(38)27-7-1-26(2-8-27)23-40-35(49)30-21-24-3-9-28(10-4-24)41-32(47)13-15-45-17-19-46(20-18-45)16-14-33(48)42-29-11-5-25(6-12-29)22-31(36(50)43-30)44-53(39,51)52/h1-12,30-31,44H,13-23H2,(H3,37,38)(H,40,49)(H,41,47)(H,42,48)(H,43,50)(H2,39,51,52). The third-order valence-corrected chi connectivity index (χ3v) is 9.73. The number of nitrogens with zero attached hydrogens (tertiary/aromatic N) is 2. The summed E-state index contributed by atoms with van der Waals surface area (Å²) in [5.74, 6) is -1.70. The van der Waals surface area contributed by atoms with Gasteiger partial charge < -0.3 is 36.8 Å². The molecule has 1 saturated heterocycles. The number of hydrogen-bond donors (Lipinski definition) is 8. The van der Waals surface area contributed by atoms with Crippen LogP contribution in [0.1, 0.15) is 35.1 Å². The SMILES string of the molecule is N=C(N)c1ccc(CNC(=O)C2Cc3ccc(cc3)NC(=O)CCN3CCN(CCC(=O)Nc4ccc(cc4)CC(NS(N)(=O)=O)C(=O)N2)CC3)cc1. The lowest BCUT2D eigenvalue weighted by molar-refractivity contribution is -0.129. The Bertz CT molecular complexity index is 1880. The van der Waals surface area contributed by atoms with E-state index < -0.39 is 34.1 Å². The maximum Gasteiger partial charge on any atom is 0.275 e. The number of fused-ring (bicyclic) bond motifs is 3. The molecule has 10 N–H and O–H groups in total. The third-order valence-electron chi connectivity index (χ3n) is 9.12. The van der Waals surface area contributed by atoms with Gasteiger partial charge in [-0.25, -0.2) is 5.14 Å². The number of nitrogen functional groups attached to an aromatic ring is 1. The van der Waals surface area contributed by atoms with Gasteiger partial charge in [-0.3, -0.25) is 24.6 Å². The van der Waals surface area contributed by atoms with Gasteiger partial charge in [-0.2, -0.15) is 13.1 Å². The van der Waals surface area contributed by atoms with Crippen LogP contribution < -0.4 is 36.9 Å². The molecule has 5 aliphatic rings. The summed E-state index contributed by atoms with van der Waals surface area (Å²) >= 11 is 0. The molecular weight excluding hydrogens is 701 g/mol. The number of nitrogens with one attached hydrogen (secondary N) is 6. The lowest BCUT2D eigenvalue weighted by Crippen LogP contribution is -2.55. The first-order valence-corrected chi connectivity index (χ1v) is 18.9. The molecule has 2 unspecified atom stereocenters. The average molecular weight is 747 g/mol. The molecule has 5 aliphatic heterocycles. The average Bonchev–Trinajstić information content (AvgIpc) is 3.12. The quantitative estimate of drug-likeness (QED) is 0.125. The van der Waals surface area contributed by atoms with Crippen molar-refractivity contribution in [2.45, 2.75) is 44.3 Å². The van der Waals surface area contributed by atoms with Crippen molar-refractivity contribution in [2.75, 3.05) is 49.9 Å². The number of carbonyl (C=O) groups excluding carboxylic acids is 4. The van der Waals surface area contributed by atoms with Crippen LogP contribution in [-0.2, 0) is 48.8 Å². The highest BCUT2D eigenvalue weighted by Gasteiger charge is 2.28. The van der Waals surface area contributed by atoms with Crippen LogP contribution >= 0.6 is 0 Å². The first kappa shape index (κ1) is 39.0. The van der Waals surface area contributed by atoms with Crippen LogP contribution in [0.2, 0.25) is 0 Å². The summed E-state index contributed by atoms with van der Waals surface area (Å²) in [5.41, 5.74) is 9.16. The Balaban J connectivity index is 1.37. The van der Waals surface area contributed by atoms with E-state index in [9.17, 15) is 27.6 Å². The van der Waals surface area contributed by atoms with Crippen LogP contribution in [0, 0.1) is 5.41 Å². The second kappa shape index (κ2) is 18.0. The van der Waals surface area contributed by atoms with Crippen molar-refractivity contribution < 1.29 is 27.6 Å². The smallest absolute Gasteiger partial charge is 0.275 e. The molecule has 0 aromatic heterocycles. The summed E-state index contributed by atoms with van der Waals surface area (Å²) < 4.78 is 26.5. The Morgan fingerprint density at radius 2 is 1.25 bits per heavy atom. The van der Waals surface area contributed by atoms with Gasteiger partial charge in [-0.1, -0.05) is 48.5 Å². The van der Waals surface area contributed by atoms with E-state index in [4.69, 9.17) is 16.3 Å². The van der Waals surface area contributed by atoms with Crippen molar-refractivity contribution in [3.05, 3.63) is 95.1 Å². The highest BCUT2D eigenvalue weighted by Crippen LogP contribution is 2.16. The third kappa shape index (κ3) is 12.5. The fraction of sp³-hybridized carbons (Fsp3) is 0.361. The fourth-order valence-electron chi connectivity index (χ4n) is 6.10. The van der Waals surface area contributed by atoms with E-state index in [1.807, 2.05) is 0 Å². The molecule has 3 aromatic rings. The number of amidine groups is 1. The predicted molar refractivity (Wildman–Crippen MR) is 201 cm³/mol. The number of piperazine rings is 1. The second-order valence-electron chi connectivity index (χ2n) is 13.2. The van der Waals surface area contributed by atoms with Gasteiger partial charge in [0.05, 0.1) is 0 Å². The van der Waals surface area contributed by atoms with Crippen LogP contribution in [-0.4, -0.2) is 99.0 Å². The molecule has 2 atom stereocenters. The number of carbonyl (C=O) groups is 4. The zero-order valence-corrected chi connectivity index (χ0v) is 30.1. The van der Waals surface area contributed by atoms with Crippen molar-refractivity contribution in [3.63, 3.8) is 0 Å². The van der Waals surface area contributed by atoms with E-state index in [1.165, 1.54) is 0 Å². The Morgan fingerprint density at radius 1 is 0.755 bits per heavy atom. The predicted octanol–water partition coefficient (Wildman–Crippen LogP) is 0.00717. The molecule has 282 valence electrons. The number of nitrogens with two attached hydrogens (primary N) is 2. The van der Waals surface area contributed by atoms with Gasteiger partial charge in [0, 0.05) is 82.0 Å². The molecule has 3 aromatic carbocycles. The Hall–Kier alpha value is -5.20. The topological polar surface area (TPSA) is 245 Å². The van der Waals surface area contributed by atoms with Gasteiger partial charge in [0.2, 0.25) is 23.6 Å². The van der Waals surface area contributed by atoms with E-state index in [1.54, 1.807) is 72.8 Å². The largest absolute Gasteiger partial charge is 0.384 e. The monoisotopic (exact) mass is 746 g/mol. The van der Waals surface area contributed by atoms with Gasteiger partial charge in [0.1, 0.15) is 17.9 Å². The van der Waals surface area contributed by atoms with E-state index in [0.717, 1.165) is 31.7 Å². The number of rotatable bonds is 6. The lowest BCUT2D eigenvalue weighted by atomic mass is 10.0. The highest BCUT2D eigenvalue weighted by atomic mass is 32.2. The summed E-state index contributed by atoms with van der Waals surface area (Å²) in [6.07, 6.45) is 0.540. The van der Waals surface area contributed by atoms with E-state index in [2.05, 4.69) is 35.8 Å². The maximum atomic E-state index is 13.7. The lowest BCUT2D eigenvalue weighted by Gasteiger charge is -2.34. The van der Waals surface area contributed by atoms with E-state index in [-0.39, 0.29) is 37.0 Å². The highest BCUT2D eigenvalue weighted by molar-refractivity contribution is 7.87. The zero-order chi connectivity index (χ0) is 38.0. The molecule has 4 amide bonds. The molecular formula is C36H46N10O6S. The number of amides is 4. The van der Waals surface area contributed by atoms with Crippen LogP contribution in [0.4, 0.5) is 11.4 Å². The Kier molecular flexibility index (Phi) is 13.3. The molecule has 53 heavy (non-hydrogen) atoms. The van der Waals surface area contributed by atoms with Crippen molar-refractivity contribution >= 4 is 51.0 Å². The summed E-state index contributed by atoms with van der Waals surface area (Å²) in [4.78, 5) is 57.3. The van der Waals surface area contributed by atoms with Crippen LogP contribution in [0.25, 0.3) is 0 Å². The fourth-order valence-corrected chi connectivity index (χ4v) is 6.69. The van der Waals surface area contributed by atoms with E-state index >= 15 is 0 Å². The summed E-state index contributed by atoms with van der Waals surface area (Å²) in [6.45, 7) is 4.48. The molecule has 17 heteroatoms. The van der Waals surface area contributed by atoms with Crippen LogP contribution in [0.3, 0.4) is 0 Å². The molecule has 0 aliphatic carbocycles. The zero-order valence-electron chi connectivity index (χ0n) is 29.3. The van der Waals surface area contributed by atoms with Crippen molar-refractivity contribution in [1.82, 2.24) is 25.2 Å². The molecule has 16 nitrogen and oxygen atoms in total. The minimum atomic E-state index is -4.35. The minimum absolute atomic E-state index is 0.0392. The number of benzene rings is 3. The number of anilines is 2. The summed E-state index contributed by atoms with van der Waals surface area (Å²) in [6, 6.07) is 17.8. The summed E-state index contributed by atoms with van der Waals surface area (Å²) in [7, 11) is -4.35. The molecule has 8 rings (SSSR count). The van der Waals surface area contributed by atoms with Gasteiger partial charge in [0.15, 0.2) is 0 Å². The molecule has 6 bridgehead atoms. The molecule has 1 fully saturated rings. The first-order chi connectivity index (χ1) is 25.3. The van der Waals surface area contributed by atoms with Crippen LogP contribution in [0.15, 0.2) is 72.8 Å². The van der Waals surface area contributed by atoms with Crippen molar-refractivity contribution in [2.24, 2.45) is 10.9 Å². The van der Waals surface area contributed by atoms with Gasteiger partial charge in [-0.15, -0.1) is 0 Å². The maximum absolute atomic E-state index is 13.7. The Labute approximate surface area is 308 Å². The van der Waals surface area contributed by atoms with Gasteiger partial charge in [-0.05, 0) is 47.4 Å². The first-order valence-electron chi connectivity index (χ1n) is 17.3. The van der Waals surface area contributed by atoms with Crippen molar-refractivity contribution in [1.29, 1.82) is 5.41 Å². The molecule has 0 saturated carbocycles. The Morgan fingerprint density at radius 3 is 1.72 bits per heavy atom. The molecule has 0 radical (unpaired) electrons. The van der Waals surface area contributed by atoms with Crippen molar-refractivity contribution in [3.8, 4) is 0 Å². The van der Waals surface area contributed by atoms with Gasteiger partial charge in [0.25, 0.3) is 10.2 Å². The molecule has 5 heterocycles. The van der Waals surface area contributed by atoms with E-state index in [0.29, 0.717) is 54.0 Å². The van der Waals surface area contributed by atoms with Crippen LogP contribution in [0.5, 0.6) is 0 Å². The molecule has 0 spiro atoms. The van der Waals surface area contributed by atoms with Gasteiger partial charge >= 0.3 is 0 Å². The minimum Gasteiger partial charge on any atom is -0.384 e. The second-order valence-corrected chi connectivity index (χ2v) is 14.5. The number of hydrogen-bond acceptors (Lipinski definition) is 9. The normalized spacial score (nSPS) is 22.0. The summed E-state index contributed by atoms with van der Waals surface area (Å²) in [5, 5.41) is 24.2.